The lowest BCUT2D eigenvalue weighted by Gasteiger charge is -2.01. The van der Waals surface area contributed by atoms with E-state index in [9.17, 15) is 0 Å². The first-order valence-corrected chi connectivity index (χ1v) is 3.97. The Morgan fingerprint density at radius 1 is 1.30 bits per heavy atom. The number of aryl methyl sites for hydroxylation is 1. The number of benzene rings is 1. The molecular weight excluding hydrogens is 187 g/mol. The van der Waals surface area contributed by atoms with Crippen molar-refractivity contribution in [2.75, 3.05) is 0 Å². The maximum Gasteiger partial charge on any atom is 0.0583 e. The maximum absolute atomic E-state index is 5.82. The molecule has 0 heterocycles. The summed E-state index contributed by atoms with van der Waals surface area (Å²) in [5, 5.41) is 1.23. The van der Waals surface area contributed by atoms with Gasteiger partial charge in [-0.05, 0) is 18.6 Å². The lowest BCUT2D eigenvalue weighted by atomic mass is 10.2. The molecule has 10 heavy (non-hydrogen) atoms. The first kappa shape index (κ1) is 8.25. The minimum absolute atomic E-state index is 0.596. The molecule has 0 radical (unpaired) electrons. The van der Waals surface area contributed by atoms with Crippen molar-refractivity contribution in [1.29, 1.82) is 0 Å². The summed E-state index contributed by atoms with van der Waals surface area (Å²) < 4.78 is 0. The molecule has 0 amide bonds. The van der Waals surface area contributed by atoms with E-state index >= 15 is 0 Å². The molecule has 1 aromatic carbocycles. The number of rotatable bonds is 0. The Balaban J connectivity index is 3.34. The molecule has 54 valence electrons. The van der Waals surface area contributed by atoms with E-state index in [4.69, 9.17) is 23.2 Å². The second-order valence-electron chi connectivity index (χ2n) is 2.03. The van der Waals surface area contributed by atoms with Gasteiger partial charge in [0.1, 0.15) is 0 Å². The molecule has 0 bridgehead atoms. The highest BCUT2D eigenvalue weighted by Crippen LogP contribution is 2.30. The van der Waals surface area contributed by atoms with Crippen LogP contribution < -0.4 is 0 Å². The molecule has 0 saturated heterocycles. The topological polar surface area (TPSA) is 0 Å². The predicted molar refractivity (Wildman–Crippen MR) is 48.5 cm³/mol. The fourth-order valence-electron chi connectivity index (χ4n) is 0.642. The van der Waals surface area contributed by atoms with Crippen LogP contribution in [0.2, 0.25) is 10.0 Å². The normalized spacial score (nSPS) is 10.0. The van der Waals surface area contributed by atoms with Crippen LogP contribution in [0.1, 0.15) is 5.56 Å². The van der Waals surface area contributed by atoms with E-state index < -0.39 is 0 Å². The van der Waals surface area contributed by atoms with Gasteiger partial charge in [-0.15, -0.1) is 12.6 Å². The summed E-state index contributed by atoms with van der Waals surface area (Å²) in [5.74, 6) is 0. The summed E-state index contributed by atoms with van der Waals surface area (Å²) in [6, 6.07) is 3.65. The van der Waals surface area contributed by atoms with Crippen LogP contribution in [0.15, 0.2) is 17.0 Å². The molecule has 0 atom stereocenters. The van der Waals surface area contributed by atoms with E-state index in [1.165, 1.54) is 0 Å². The molecule has 1 aromatic rings. The Kier molecular flexibility index (Phi) is 2.50. The zero-order valence-electron chi connectivity index (χ0n) is 5.36. The number of halogens is 2. The van der Waals surface area contributed by atoms with Crippen LogP contribution in [0.4, 0.5) is 0 Å². The Hall–Kier alpha value is 0.150. The third kappa shape index (κ3) is 1.42. The fourth-order valence-corrected chi connectivity index (χ4v) is 1.26. The molecule has 0 aliphatic rings. The van der Waals surface area contributed by atoms with Gasteiger partial charge in [-0.25, -0.2) is 0 Å². The van der Waals surface area contributed by atoms with Crippen molar-refractivity contribution in [3.8, 4) is 0 Å². The molecule has 0 saturated carbocycles. The lowest BCUT2D eigenvalue weighted by Crippen LogP contribution is -1.77. The molecule has 1 rings (SSSR count). The van der Waals surface area contributed by atoms with Crippen molar-refractivity contribution in [3.63, 3.8) is 0 Å². The Labute approximate surface area is 75.6 Å². The highest BCUT2D eigenvalue weighted by Gasteiger charge is 2.02. The van der Waals surface area contributed by atoms with Gasteiger partial charge in [-0.2, -0.15) is 0 Å². The molecule has 0 unspecified atom stereocenters. The van der Waals surface area contributed by atoms with Gasteiger partial charge in [0.2, 0.25) is 0 Å². The average Bonchev–Trinajstić information content (AvgIpc) is 1.93. The van der Waals surface area contributed by atoms with Crippen molar-refractivity contribution in [3.05, 3.63) is 27.7 Å². The predicted octanol–water partition coefficient (Wildman–Crippen LogP) is 3.59. The van der Waals surface area contributed by atoms with Crippen molar-refractivity contribution in [1.82, 2.24) is 0 Å². The van der Waals surface area contributed by atoms with Crippen LogP contribution in [0.5, 0.6) is 0 Å². The Morgan fingerprint density at radius 2 is 1.90 bits per heavy atom. The van der Waals surface area contributed by atoms with E-state index in [1.54, 1.807) is 6.07 Å². The Morgan fingerprint density at radius 3 is 2.40 bits per heavy atom. The van der Waals surface area contributed by atoms with Gasteiger partial charge in [-0.3, -0.25) is 0 Å². The van der Waals surface area contributed by atoms with E-state index in [-0.39, 0.29) is 0 Å². The minimum atomic E-state index is 0.596. The summed E-state index contributed by atoms with van der Waals surface area (Å²) in [7, 11) is 0. The fraction of sp³-hybridized carbons (Fsp3) is 0.143. The van der Waals surface area contributed by atoms with Crippen LogP contribution in [-0.4, -0.2) is 0 Å². The number of hydrogen-bond donors (Lipinski definition) is 1. The van der Waals surface area contributed by atoms with Crippen molar-refractivity contribution in [2.24, 2.45) is 0 Å². The molecule has 0 N–H and O–H groups in total. The highest BCUT2D eigenvalue weighted by atomic mass is 35.5. The third-order valence-corrected chi connectivity index (χ3v) is 2.79. The summed E-state index contributed by atoms with van der Waals surface area (Å²) >= 11 is 15.7. The second-order valence-corrected chi connectivity index (χ2v) is 3.26. The average molecular weight is 193 g/mol. The SMILES string of the molecule is Cc1ccc(Cl)c(S)c1Cl. The zero-order chi connectivity index (χ0) is 7.72. The van der Waals surface area contributed by atoms with E-state index in [0.29, 0.717) is 14.9 Å². The molecular formula is C7H6Cl2S. The summed E-state index contributed by atoms with van der Waals surface area (Å²) in [6.07, 6.45) is 0. The van der Waals surface area contributed by atoms with Crippen molar-refractivity contribution >= 4 is 35.8 Å². The van der Waals surface area contributed by atoms with Gasteiger partial charge in [0.25, 0.3) is 0 Å². The molecule has 0 aliphatic carbocycles. The maximum atomic E-state index is 5.82. The van der Waals surface area contributed by atoms with Gasteiger partial charge in [-0.1, -0.05) is 29.3 Å². The van der Waals surface area contributed by atoms with Gasteiger partial charge in [0.05, 0.1) is 10.0 Å². The van der Waals surface area contributed by atoms with Crippen LogP contribution in [0.25, 0.3) is 0 Å². The summed E-state index contributed by atoms with van der Waals surface area (Å²) in [4.78, 5) is 0.656. The zero-order valence-corrected chi connectivity index (χ0v) is 7.76. The van der Waals surface area contributed by atoms with Crippen LogP contribution >= 0.6 is 35.8 Å². The molecule has 0 aromatic heterocycles. The monoisotopic (exact) mass is 192 g/mol. The van der Waals surface area contributed by atoms with E-state index in [0.717, 1.165) is 5.56 Å². The standard InChI is InChI=1S/C7H6Cl2S/c1-4-2-3-5(8)7(10)6(4)9/h2-3,10H,1H3. The van der Waals surface area contributed by atoms with Crippen molar-refractivity contribution in [2.45, 2.75) is 11.8 Å². The van der Waals surface area contributed by atoms with Crippen LogP contribution in [0, 0.1) is 6.92 Å². The molecule has 0 spiro atoms. The number of thiol groups is 1. The van der Waals surface area contributed by atoms with Crippen molar-refractivity contribution < 1.29 is 0 Å². The van der Waals surface area contributed by atoms with Gasteiger partial charge >= 0.3 is 0 Å². The first-order chi connectivity index (χ1) is 4.63. The quantitative estimate of drug-likeness (QED) is 0.598. The summed E-state index contributed by atoms with van der Waals surface area (Å²) in [5.41, 5.74) is 0.996. The van der Waals surface area contributed by atoms with E-state index in [2.05, 4.69) is 12.6 Å². The first-order valence-electron chi connectivity index (χ1n) is 2.76. The van der Waals surface area contributed by atoms with Gasteiger partial charge in [0.15, 0.2) is 0 Å². The molecule has 0 nitrogen and oxygen atoms in total. The second kappa shape index (κ2) is 3.04. The number of hydrogen-bond acceptors (Lipinski definition) is 1. The summed E-state index contributed by atoms with van der Waals surface area (Å²) in [6.45, 7) is 1.92. The molecule has 3 heteroatoms. The van der Waals surface area contributed by atoms with Gasteiger partial charge < -0.3 is 0 Å². The molecule has 0 fully saturated rings. The third-order valence-electron chi connectivity index (χ3n) is 1.26. The van der Waals surface area contributed by atoms with Crippen LogP contribution in [0.3, 0.4) is 0 Å². The van der Waals surface area contributed by atoms with Gasteiger partial charge in [0, 0.05) is 4.90 Å². The smallest absolute Gasteiger partial charge is 0.0583 e. The highest BCUT2D eigenvalue weighted by molar-refractivity contribution is 7.80. The molecule has 0 aliphatic heterocycles. The largest absolute Gasteiger partial charge is 0.140 e. The Bertz CT molecular complexity index is 231. The lowest BCUT2D eigenvalue weighted by molar-refractivity contribution is 1.37. The van der Waals surface area contributed by atoms with Crippen LogP contribution in [-0.2, 0) is 0 Å². The van der Waals surface area contributed by atoms with E-state index in [1.807, 2.05) is 13.0 Å². The minimum Gasteiger partial charge on any atom is -0.140 e.